The highest BCUT2D eigenvalue weighted by Crippen LogP contribution is 2.32. The van der Waals surface area contributed by atoms with Gasteiger partial charge in [-0.2, -0.15) is 13.2 Å². The van der Waals surface area contributed by atoms with Crippen LogP contribution in [0.1, 0.15) is 18.4 Å². The Hall–Kier alpha value is -1.34. The lowest BCUT2D eigenvalue weighted by Gasteiger charge is -2.11. The minimum absolute atomic E-state index is 0. The summed E-state index contributed by atoms with van der Waals surface area (Å²) in [5.41, 5.74) is -1.45. The SMILES string of the molecule is CNCCCC(=O)Nc1ccc(F)c(C(F)(F)F)c1.Cl. The van der Waals surface area contributed by atoms with E-state index in [-0.39, 0.29) is 24.5 Å². The molecule has 0 aliphatic rings. The number of anilines is 1. The molecule has 0 aromatic heterocycles. The Morgan fingerprint density at radius 3 is 2.50 bits per heavy atom. The molecule has 1 amide bonds. The van der Waals surface area contributed by atoms with Crippen LogP contribution >= 0.6 is 12.4 Å². The van der Waals surface area contributed by atoms with Crippen LogP contribution in [0.4, 0.5) is 23.2 Å². The third kappa shape index (κ3) is 5.75. The average Bonchev–Trinajstić information content (AvgIpc) is 2.30. The summed E-state index contributed by atoms with van der Waals surface area (Å²) in [5, 5.41) is 5.15. The van der Waals surface area contributed by atoms with Crippen LogP contribution in [-0.2, 0) is 11.0 Å². The van der Waals surface area contributed by atoms with Crippen molar-refractivity contribution >= 4 is 24.0 Å². The van der Waals surface area contributed by atoms with Crippen LogP contribution in [0.5, 0.6) is 0 Å². The van der Waals surface area contributed by atoms with Gasteiger partial charge in [0.15, 0.2) is 0 Å². The van der Waals surface area contributed by atoms with Crippen molar-refractivity contribution in [2.75, 3.05) is 18.9 Å². The molecule has 20 heavy (non-hydrogen) atoms. The van der Waals surface area contributed by atoms with Crippen molar-refractivity contribution in [3.8, 4) is 0 Å². The number of alkyl halides is 3. The minimum atomic E-state index is -4.78. The van der Waals surface area contributed by atoms with Crippen molar-refractivity contribution in [1.29, 1.82) is 0 Å². The van der Waals surface area contributed by atoms with Crippen LogP contribution in [0, 0.1) is 5.82 Å². The molecule has 1 aromatic carbocycles. The summed E-state index contributed by atoms with van der Waals surface area (Å²) in [6.45, 7) is 0.630. The van der Waals surface area contributed by atoms with Gasteiger partial charge in [0, 0.05) is 12.1 Å². The lowest BCUT2D eigenvalue weighted by Crippen LogP contribution is -2.16. The molecular weight excluding hydrogens is 300 g/mol. The van der Waals surface area contributed by atoms with E-state index in [1.807, 2.05) is 0 Å². The number of nitrogens with one attached hydrogen (secondary N) is 2. The van der Waals surface area contributed by atoms with Crippen molar-refractivity contribution in [2.45, 2.75) is 19.0 Å². The minimum Gasteiger partial charge on any atom is -0.326 e. The molecule has 114 valence electrons. The molecule has 0 bridgehead atoms. The topological polar surface area (TPSA) is 41.1 Å². The summed E-state index contributed by atoms with van der Waals surface area (Å²) in [5.74, 6) is -1.77. The Balaban J connectivity index is 0.00000361. The van der Waals surface area contributed by atoms with E-state index in [0.29, 0.717) is 25.1 Å². The van der Waals surface area contributed by atoms with Gasteiger partial charge >= 0.3 is 6.18 Å². The van der Waals surface area contributed by atoms with Crippen molar-refractivity contribution in [2.24, 2.45) is 0 Å². The highest BCUT2D eigenvalue weighted by molar-refractivity contribution is 5.90. The Morgan fingerprint density at radius 1 is 1.30 bits per heavy atom. The number of hydrogen-bond donors (Lipinski definition) is 2. The smallest absolute Gasteiger partial charge is 0.326 e. The molecule has 0 heterocycles. The monoisotopic (exact) mass is 314 g/mol. The maximum atomic E-state index is 13.0. The molecular formula is C12H15ClF4N2O. The maximum absolute atomic E-state index is 13.0. The van der Waals surface area contributed by atoms with Gasteiger partial charge in [-0.05, 0) is 38.2 Å². The molecule has 0 spiro atoms. The second-order valence-corrected chi connectivity index (χ2v) is 3.95. The van der Waals surface area contributed by atoms with Gasteiger partial charge < -0.3 is 10.6 Å². The number of rotatable bonds is 5. The molecule has 0 unspecified atom stereocenters. The molecule has 0 saturated carbocycles. The van der Waals surface area contributed by atoms with Gasteiger partial charge in [0.25, 0.3) is 0 Å². The van der Waals surface area contributed by atoms with Crippen LogP contribution in [0.25, 0.3) is 0 Å². The number of amides is 1. The molecule has 0 fully saturated rings. The molecule has 0 atom stereocenters. The van der Waals surface area contributed by atoms with Crippen molar-refractivity contribution < 1.29 is 22.4 Å². The van der Waals surface area contributed by atoms with E-state index in [0.717, 1.165) is 6.07 Å². The number of carbonyl (C=O) groups is 1. The summed E-state index contributed by atoms with van der Waals surface area (Å²) in [7, 11) is 1.73. The number of halogens is 5. The fourth-order valence-corrected chi connectivity index (χ4v) is 1.47. The van der Waals surface area contributed by atoms with Gasteiger partial charge in [-0.25, -0.2) is 4.39 Å². The maximum Gasteiger partial charge on any atom is 0.419 e. The van der Waals surface area contributed by atoms with Gasteiger partial charge in [0.2, 0.25) is 5.91 Å². The van der Waals surface area contributed by atoms with E-state index < -0.39 is 23.5 Å². The molecule has 0 aliphatic carbocycles. The first-order valence-electron chi connectivity index (χ1n) is 5.66. The van der Waals surface area contributed by atoms with Crippen LogP contribution in [-0.4, -0.2) is 19.5 Å². The number of carbonyl (C=O) groups excluding carboxylic acids is 1. The lowest BCUT2D eigenvalue weighted by atomic mass is 10.1. The number of benzene rings is 1. The molecule has 3 nitrogen and oxygen atoms in total. The quantitative estimate of drug-likeness (QED) is 0.647. The highest BCUT2D eigenvalue weighted by Gasteiger charge is 2.34. The van der Waals surface area contributed by atoms with Crippen LogP contribution in [0.15, 0.2) is 18.2 Å². The predicted octanol–water partition coefficient (Wildman–Crippen LogP) is 3.20. The Morgan fingerprint density at radius 2 is 1.95 bits per heavy atom. The molecule has 8 heteroatoms. The third-order valence-corrected chi connectivity index (χ3v) is 2.39. The lowest BCUT2D eigenvalue weighted by molar-refractivity contribution is -0.140. The highest BCUT2D eigenvalue weighted by atomic mass is 35.5. The third-order valence-electron chi connectivity index (χ3n) is 2.39. The fourth-order valence-electron chi connectivity index (χ4n) is 1.47. The summed E-state index contributed by atoms with van der Waals surface area (Å²) < 4.78 is 50.4. The Kier molecular flexibility index (Phi) is 7.52. The standard InChI is InChI=1S/C12H14F4N2O.ClH/c1-17-6-2-3-11(19)18-8-4-5-10(13)9(7-8)12(14,15)16;/h4-5,7,17H,2-3,6H2,1H3,(H,18,19);1H. The first-order chi connectivity index (χ1) is 8.84. The summed E-state index contributed by atoms with van der Waals surface area (Å²) in [6.07, 6.45) is -4.04. The largest absolute Gasteiger partial charge is 0.419 e. The normalized spacial score (nSPS) is 10.8. The predicted molar refractivity (Wildman–Crippen MR) is 70.4 cm³/mol. The van der Waals surface area contributed by atoms with Crippen molar-refractivity contribution in [1.82, 2.24) is 5.32 Å². The van der Waals surface area contributed by atoms with Crippen molar-refractivity contribution in [3.63, 3.8) is 0 Å². The van der Waals surface area contributed by atoms with Crippen LogP contribution in [0.3, 0.4) is 0 Å². The van der Waals surface area contributed by atoms with Crippen LogP contribution in [0.2, 0.25) is 0 Å². The molecule has 1 rings (SSSR count). The second kappa shape index (κ2) is 8.06. The summed E-state index contributed by atoms with van der Waals surface area (Å²) in [4.78, 5) is 11.4. The van der Waals surface area contributed by atoms with E-state index in [4.69, 9.17) is 0 Å². The van der Waals surface area contributed by atoms with Gasteiger partial charge in [0.05, 0.1) is 5.56 Å². The Bertz CT molecular complexity index is 452. The molecule has 0 saturated heterocycles. The Labute approximate surface area is 120 Å². The fraction of sp³-hybridized carbons (Fsp3) is 0.417. The first kappa shape index (κ1) is 18.7. The average molecular weight is 315 g/mol. The molecule has 0 aliphatic heterocycles. The number of hydrogen-bond acceptors (Lipinski definition) is 2. The zero-order chi connectivity index (χ0) is 14.5. The van der Waals surface area contributed by atoms with Gasteiger partial charge in [-0.3, -0.25) is 4.79 Å². The molecule has 2 N–H and O–H groups in total. The molecule has 0 radical (unpaired) electrons. The zero-order valence-electron chi connectivity index (χ0n) is 10.7. The van der Waals surface area contributed by atoms with Gasteiger partial charge in [0.1, 0.15) is 5.82 Å². The summed E-state index contributed by atoms with van der Waals surface area (Å²) >= 11 is 0. The van der Waals surface area contributed by atoms with Crippen molar-refractivity contribution in [3.05, 3.63) is 29.6 Å². The first-order valence-corrected chi connectivity index (χ1v) is 5.66. The van der Waals surface area contributed by atoms with Crippen LogP contribution < -0.4 is 10.6 Å². The second-order valence-electron chi connectivity index (χ2n) is 3.95. The van der Waals surface area contributed by atoms with E-state index in [9.17, 15) is 22.4 Å². The van der Waals surface area contributed by atoms with Gasteiger partial charge in [-0.15, -0.1) is 12.4 Å². The van der Waals surface area contributed by atoms with E-state index >= 15 is 0 Å². The van der Waals surface area contributed by atoms with E-state index in [1.165, 1.54) is 0 Å². The van der Waals surface area contributed by atoms with E-state index in [1.54, 1.807) is 7.05 Å². The summed E-state index contributed by atoms with van der Waals surface area (Å²) in [6, 6.07) is 2.37. The van der Waals surface area contributed by atoms with E-state index in [2.05, 4.69) is 10.6 Å². The van der Waals surface area contributed by atoms with Gasteiger partial charge in [-0.1, -0.05) is 0 Å². The zero-order valence-corrected chi connectivity index (χ0v) is 11.5. The molecule has 1 aromatic rings.